The maximum Gasteiger partial charge on any atom is 0.303 e. The molecule has 1 atom stereocenters. The van der Waals surface area contributed by atoms with Gasteiger partial charge in [0.15, 0.2) is 11.5 Å². The molecule has 4 nitrogen and oxygen atoms in total. The molecule has 0 bridgehead atoms. The Morgan fingerprint density at radius 1 is 1.39 bits per heavy atom. The topological polar surface area (TPSA) is 55.8 Å². The van der Waals surface area contributed by atoms with Crippen molar-refractivity contribution < 1.29 is 19.4 Å². The van der Waals surface area contributed by atoms with Crippen LogP contribution in [0.1, 0.15) is 31.2 Å². The van der Waals surface area contributed by atoms with Crippen molar-refractivity contribution in [1.82, 2.24) is 0 Å². The Labute approximate surface area is 110 Å². The van der Waals surface area contributed by atoms with E-state index >= 15 is 0 Å². The predicted octanol–water partition coefficient (Wildman–Crippen LogP) is 3.08. The van der Waals surface area contributed by atoms with Gasteiger partial charge in [0.1, 0.15) is 13.2 Å². The van der Waals surface area contributed by atoms with E-state index in [0.717, 1.165) is 5.56 Å². The first kappa shape index (κ1) is 13.0. The summed E-state index contributed by atoms with van der Waals surface area (Å²) in [6.45, 7) is 3.01. The number of fused-ring (bicyclic) bond motifs is 1. The van der Waals surface area contributed by atoms with Crippen LogP contribution in [0.5, 0.6) is 11.5 Å². The van der Waals surface area contributed by atoms with Gasteiger partial charge in [-0.05, 0) is 24.0 Å². The fourth-order valence-electron chi connectivity index (χ4n) is 1.95. The minimum atomic E-state index is -0.796. The maximum atomic E-state index is 10.6. The molecule has 1 heterocycles. The molecule has 0 radical (unpaired) electrons. The van der Waals surface area contributed by atoms with Crippen LogP contribution in [0, 0.1) is 0 Å². The molecule has 0 aromatic heterocycles. The van der Waals surface area contributed by atoms with Gasteiger partial charge < -0.3 is 14.6 Å². The average molecular weight is 271 g/mol. The number of carboxylic acids is 1. The van der Waals surface area contributed by atoms with Crippen molar-refractivity contribution in [1.29, 1.82) is 0 Å². The highest BCUT2D eigenvalue weighted by atomic mass is 35.5. The molecule has 0 saturated heterocycles. The van der Waals surface area contributed by atoms with E-state index in [4.69, 9.17) is 26.2 Å². The molecule has 0 spiro atoms. The molecule has 0 saturated carbocycles. The predicted molar refractivity (Wildman–Crippen MR) is 67.7 cm³/mol. The van der Waals surface area contributed by atoms with Crippen molar-refractivity contribution in [3.8, 4) is 11.5 Å². The minimum Gasteiger partial charge on any atom is -0.486 e. The van der Waals surface area contributed by atoms with Crippen LogP contribution in [0.2, 0.25) is 5.02 Å². The third-order valence-corrected chi connectivity index (χ3v) is 3.31. The molecule has 1 aliphatic rings. The Kier molecular flexibility index (Phi) is 3.97. The Hall–Kier alpha value is -1.42. The number of aliphatic carboxylic acids is 1. The number of hydrogen-bond acceptors (Lipinski definition) is 3. The lowest BCUT2D eigenvalue weighted by molar-refractivity contribution is -0.137. The van der Waals surface area contributed by atoms with Crippen LogP contribution in [-0.2, 0) is 4.79 Å². The Balaban J connectivity index is 2.19. The number of halogens is 1. The van der Waals surface area contributed by atoms with Crippen LogP contribution < -0.4 is 9.47 Å². The summed E-state index contributed by atoms with van der Waals surface area (Å²) < 4.78 is 10.9. The second-order valence-corrected chi connectivity index (χ2v) is 4.76. The largest absolute Gasteiger partial charge is 0.486 e. The molecular weight excluding hydrogens is 256 g/mol. The molecule has 0 amide bonds. The number of carboxylic acid groups (broad SMARTS) is 1. The first-order valence-electron chi connectivity index (χ1n) is 5.88. The summed E-state index contributed by atoms with van der Waals surface area (Å²) in [4.78, 5) is 10.6. The summed E-state index contributed by atoms with van der Waals surface area (Å²) in [5.41, 5.74) is 0.905. The van der Waals surface area contributed by atoms with E-state index in [1.54, 1.807) is 6.07 Å². The summed E-state index contributed by atoms with van der Waals surface area (Å²) in [6.07, 6.45) is 0.681. The Morgan fingerprint density at radius 2 is 2.00 bits per heavy atom. The van der Waals surface area contributed by atoms with Gasteiger partial charge in [0, 0.05) is 17.5 Å². The van der Waals surface area contributed by atoms with E-state index in [2.05, 4.69) is 0 Å². The monoisotopic (exact) mass is 270 g/mol. The van der Waals surface area contributed by atoms with Gasteiger partial charge >= 0.3 is 5.97 Å². The number of benzene rings is 1. The van der Waals surface area contributed by atoms with Crippen LogP contribution in [0.25, 0.3) is 0 Å². The molecule has 0 fully saturated rings. The van der Waals surface area contributed by atoms with Crippen molar-refractivity contribution in [3.05, 3.63) is 22.7 Å². The van der Waals surface area contributed by atoms with Crippen molar-refractivity contribution in [2.75, 3.05) is 13.2 Å². The van der Waals surface area contributed by atoms with Gasteiger partial charge in [0.05, 0.1) is 0 Å². The van der Waals surface area contributed by atoms with Crippen LogP contribution >= 0.6 is 11.6 Å². The van der Waals surface area contributed by atoms with Crippen molar-refractivity contribution in [3.63, 3.8) is 0 Å². The second-order valence-electron chi connectivity index (χ2n) is 4.35. The Morgan fingerprint density at radius 3 is 2.61 bits per heavy atom. The van der Waals surface area contributed by atoms with Crippen LogP contribution in [0.3, 0.4) is 0 Å². The summed E-state index contributed by atoms with van der Waals surface area (Å²) >= 11 is 6.19. The zero-order valence-electron chi connectivity index (χ0n) is 10.1. The number of hydrogen-bond donors (Lipinski definition) is 1. The highest BCUT2D eigenvalue weighted by molar-refractivity contribution is 6.31. The Bertz CT molecular complexity index is 459. The lowest BCUT2D eigenvalue weighted by atomic mass is 9.95. The lowest BCUT2D eigenvalue weighted by Crippen LogP contribution is -2.15. The molecule has 1 N–H and O–H groups in total. The van der Waals surface area contributed by atoms with Crippen LogP contribution in [-0.4, -0.2) is 24.3 Å². The lowest BCUT2D eigenvalue weighted by Gasteiger charge is -2.21. The van der Waals surface area contributed by atoms with Crippen molar-refractivity contribution >= 4 is 17.6 Å². The minimum absolute atomic E-state index is 0.0735. The standard InChI is InChI=1S/C13H15ClO4/c1-8(2-3-13(15)16)9-6-11-12(7-10(9)14)18-5-4-17-11/h6-8H,2-5H2,1H3,(H,15,16). The molecule has 2 rings (SSSR count). The molecule has 1 aromatic rings. The SMILES string of the molecule is CC(CCC(=O)O)c1cc2c(cc1Cl)OCCO2. The number of ether oxygens (including phenoxy) is 2. The fraction of sp³-hybridized carbons (Fsp3) is 0.462. The van der Waals surface area contributed by atoms with Gasteiger partial charge in [-0.15, -0.1) is 0 Å². The van der Waals surface area contributed by atoms with E-state index in [1.807, 2.05) is 13.0 Å². The van der Waals surface area contributed by atoms with E-state index in [-0.39, 0.29) is 12.3 Å². The molecule has 98 valence electrons. The van der Waals surface area contributed by atoms with E-state index in [0.29, 0.717) is 36.2 Å². The van der Waals surface area contributed by atoms with Gasteiger partial charge in [-0.2, -0.15) is 0 Å². The number of carbonyl (C=O) groups is 1. The average Bonchev–Trinajstić information content (AvgIpc) is 2.35. The molecular formula is C13H15ClO4. The fourth-order valence-corrected chi connectivity index (χ4v) is 2.29. The summed E-state index contributed by atoms with van der Waals surface area (Å²) in [5, 5.41) is 9.29. The van der Waals surface area contributed by atoms with E-state index < -0.39 is 5.97 Å². The van der Waals surface area contributed by atoms with E-state index in [9.17, 15) is 4.79 Å². The van der Waals surface area contributed by atoms with Crippen LogP contribution in [0.4, 0.5) is 0 Å². The summed E-state index contributed by atoms with van der Waals surface area (Å²) in [6, 6.07) is 3.59. The zero-order valence-corrected chi connectivity index (χ0v) is 10.9. The smallest absolute Gasteiger partial charge is 0.303 e. The molecule has 18 heavy (non-hydrogen) atoms. The van der Waals surface area contributed by atoms with Gasteiger partial charge in [-0.1, -0.05) is 18.5 Å². The third kappa shape index (κ3) is 2.88. The van der Waals surface area contributed by atoms with Gasteiger partial charge in [0.2, 0.25) is 0 Å². The number of rotatable bonds is 4. The van der Waals surface area contributed by atoms with Gasteiger partial charge in [-0.3, -0.25) is 4.79 Å². The molecule has 1 aliphatic heterocycles. The van der Waals surface area contributed by atoms with E-state index in [1.165, 1.54) is 0 Å². The molecule has 1 aromatic carbocycles. The summed E-state index contributed by atoms with van der Waals surface area (Å²) in [5.74, 6) is 0.614. The maximum absolute atomic E-state index is 10.6. The quantitative estimate of drug-likeness (QED) is 0.913. The first-order chi connectivity index (χ1) is 8.58. The normalized spacial score (nSPS) is 15.2. The zero-order chi connectivity index (χ0) is 13.1. The highest BCUT2D eigenvalue weighted by Crippen LogP contribution is 2.39. The second kappa shape index (κ2) is 5.48. The van der Waals surface area contributed by atoms with Crippen LogP contribution in [0.15, 0.2) is 12.1 Å². The molecule has 1 unspecified atom stereocenters. The molecule has 0 aliphatic carbocycles. The van der Waals surface area contributed by atoms with Crippen molar-refractivity contribution in [2.24, 2.45) is 0 Å². The molecule has 5 heteroatoms. The van der Waals surface area contributed by atoms with Crippen molar-refractivity contribution in [2.45, 2.75) is 25.7 Å². The first-order valence-corrected chi connectivity index (χ1v) is 6.26. The summed E-state index contributed by atoms with van der Waals surface area (Å²) in [7, 11) is 0. The van der Waals surface area contributed by atoms with Gasteiger partial charge in [0.25, 0.3) is 0 Å². The highest BCUT2D eigenvalue weighted by Gasteiger charge is 2.18. The van der Waals surface area contributed by atoms with Gasteiger partial charge in [-0.25, -0.2) is 0 Å². The third-order valence-electron chi connectivity index (χ3n) is 2.98.